The molecule has 2 N–H and O–H groups in total. The van der Waals surface area contributed by atoms with Crippen LogP contribution in [-0.2, 0) is 4.79 Å². The first-order chi connectivity index (χ1) is 4.75. The monoisotopic (exact) mass is 138 g/mol. The maximum atomic E-state index is 10.5. The van der Waals surface area contributed by atoms with E-state index in [1.807, 2.05) is 0 Å². The van der Waals surface area contributed by atoms with Crippen LogP contribution in [0.2, 0.25) is 0 Å². The molecule has 0 aliphatic carbocycles. The molecular weight excluding hydrogens is 132 g/mol. The van der Waals surface area contributed by atoms with Crippen LogP contribution in [-0.4, -0.2) is 16.9 Å². The van der Waals surface area contributed by atoms with E-state index in [4.69, 9.17) is 5.73 Å². The van der Waals surface area contributed by atoms with Gasteiger partial charge in [0, 0.05) is 6.20 Å². The Morgan fingerprint density at radius 3 is 2.80 bits per heavy atom. The van der Waals surface area contributed by atoms with Crippen LogP contribution >= 0.6 is 0 Å². The lowest BCUT2D eigenvalue weighted by atomic mass is 10.4. The molecule has 1 aromatic heterocycles. The Balaban J connectivity index is 3.13. The molecule has 0 aliphatic rings. The first-order valence-electron chi connectivity index (χ1n) is 2.67. The molecule has 1 heterocycles. The van der Waals surface area contributed by atoms with Gasteiger partial charge in [-0.05, 0) is 12.1 Å². The van der Waals surface area contributed by atoms with Crippen LogP contribution in [0.1, 0.15) is 10.5 Å². The van der Waals surface area contributed by atoms with Gasteiger partial charge < -0.3 is 5.73 Å². The molecule has 0 atom stereocenters. The first kappa shape index (κ1) is 6.54. The average Bonchev–Trinajstić information content (AvgIpc) is 2.33. The van der Waals surface area contributed by atoms with E-state index in [1.54, 1.807) is 6.07 Å². The summed E-state index contributed by atoms with van der Waals surface area (Å²) < 4.78 is 1.13. The number of primary amides is 1. The van der Waals surface area contributed by atoms with E-state index < -0.39 is 5.91 Å². The zero-order valence-corrected chi connectivity index (χ0v) is 5.15. The summed E-state index contributed by atoms with van der Waals surface area (Å²) in [4.78, 5) is 20.6. The minimum atomic E-state index is -0.600. The molecule has 52 valence electrons. The third-order valence-corrected chi connectivity index (χ3v) is 1.14. The number of carbonyl (C=O) groups excluding carboxylic acids is 2. The van der Waals surface area contributed by atoms with Gasteiger partial charge in [-0.1, -0.05) is 0 Å². The zero-order chi connectivity index (χ0) is 7.56. The molecule has 0 aliphatic heterocycles. The minimum absolute atomic E-state index is 0.204. The summed E-state index contributed by atoms with van der Waals surface area (Å²) in [5.41, 5.74) is 5.12. The number of nitrogens with two attached hydrogens (primary N) is 1. The van der Waals surface area contributed by atoms with Gasteiger partial charge >= 0.3 is 0 Å². The molecule has 1 amide bonds. The van der Waals surface area contributed by atoms with E-state index in [1.165, 1.54) is 12.3 Å². The van der Waals surface area contributed by atoms with Gasteiger partial charge in [0.25, 0.3) is 5.91 Å². The number of hydrogen-bond donors (Lipinski definition) is 1. The molecule has 0 fully saturated rings. The molecule has 1 rings (SSSR count). The number of hydrogen-bond acceptors (Lipinski definition) is 2. The molecule has 0 aromatic carbocycles. The van der Waals surface area contributed by atoms with Crippen LogP contribution in [0.25, 0.3) is 0 Å². The summed E-state index contributed by atoms with van der Waals surface area (Å²) in [5, 5.41) is 0. The van der Waals surface area contributed by atoms with Gasteiger partial charge in [0.05, 0.1) is 0 Å². The average molecular weight is 138 g/mol. The summed E-state index contributed by atoms with van der Waals surface area (Å²) in [6, 6.07) is 3.06. The quantitative estimate of drug-likeness (QED) is 0.566. The van der Waals surface area contributed by atoms with Crippen molar-refractivity contribution in [3.63, 3.8) is 0 Å². The van der Waals surface area contributed by atoms with Gasteiger partial charge in [0.15, 0.2) is 0 Å². The van der Waals surface area contributed by atoms with Crippen molar-refractivity contribution in [3.8, 4) is 0 Å². The molecule has 0 spiro atoms. The third kappa shape index (κ3) is 0.907. The van der Waals surface area contributed by atoms with Crippen molar-refractivity contribution in [1.82, 2.24) is 4.57 Å². The number of rotatable bonds is 2. The fourth-order valence-electron chi connectivity index (χ4n) is 0.695. The van der Waals surface area contributed by atoms with Crippen molar-refractivity contribution in [2.24, 2.45) is 5.73 Å². The molecule has 4 nitrogen and oxygen atoms in total. The molecule has 0 bridgehead atoms. The lowest BCUT2D eigenvalue weighted by Gasteiger charge is -1.92. The maximum absolute atomic E-state index is 10.5. The van der Waals surface area contributed by atoms with Crippen LogP contribution in [0.3, 0.4) is 0 Å². The summed E-state index contributed by atoms with van der Waals surface area (Å²) in [6.07, 6.45) is 1.99. The second kappa shape index (κ2) is 2.34. The van der Waals surface area contributed by atoms with Gasteiger partial charge in [0.1, 0.15) is 5.69 Å². The minimum Gasteiger partial charge on any atom is -0.364 e. The van der Waals surface area contributed by atoms with Crippen LogP contribution in [0.15, 0.2) is 18.3 Å². The largest absolute Gasteiger partial charge is 0.364 e. The second-order valence-corrected chi connectivity index (χ2v) is 1.77. The molecule has 0 radical (unpaired) electrons. The normalized spacial score (nSPS) is 9.20. The SMILES string of the molecule is NC(=O)c1cccn1C=O. The second-order valence-electron chi connectivity index (χ2n) is 1.77. The highest BCUT2D eigenvalue weighted by Crippen LogP contribution is 1.96. The van der Waals surface area contributed by atoms with Crippen LogP contribution < -0.4 is 5.73 Å². The molecule has 0 saturated carbocycles. The Kier molecular flexibility index (Phi) is 1.53. The van der Waals surface area contributed by atoms with Crippen molar-refractivity contribution in [1.29, 1.82) is 0 Å². The highest BCUT2D eigenvalue weighted by Gasteiger charge is 2.03. The van der Waals surface area contributed by atoms with Crippen LogP contribution in [0.4, 0.5) is 0 Å². The molecule has 4 heteroatoms. The number of nitrogens with zero attached hydrogens (tertiary/aromatic N) is 1. The predicted molar refractivity (Wildman–Crippen MR) is 35.1 cm³/mol. The van der Waals surface area contributed by atoms with Gasteiger partial charge in [-0.15, -0.1) is 0 Å². The van der Waals surface area contributed by atoms with E-state index in [9.17, 15) is 9.59 Å². The van der Waals surface area contributed by atoms with Crippen molar-refractivity contribution < 1.29 is 9.59 Å². The molecule has 0 saturated heterocycles. The summed E-state index contributed by atoms with van der Waals surface area (Å²) >= 11 is 0. The lowest BCUT2D eigenvalue weighted by Crippen LogP contribution is -2.15. The van der Waals surface area contributed by atoms with Gasteiger partial charge in [-0.25, -0.2) is 0 Å². The Labute approximate surface area is 57.2 Å². The fourth-order valence-corrected chi connectivity index (χ4v) is 0.695. The Hall–Kier alpha value is -1.58. The Bertz CT molecular complexity index is 264. The highest BCUT2D eigenvalue weighted by molar-refractivity contribution is 5.93. The smallest absolute Gasteiger partial charge is 0.265 e. The predicted octanol–water partition coefficient (Wildman–Crippen LogP) is -0.375. The Morgan fingerprint density at radius 2 is 2.40 bits per heavy atom. The van der Waals surface area contributed by atoms with Gasteiger partial charge in [-0.2, -0.15) is 0 Å². The van der Waals surface area contributed by atoms with E-state index in [0.29, 0.717) is 6.41 Å². The standard InChI is InChI=1S/C6H6N2O2/c7-6(10)5-2-1-3-8(5)4-9/h1-4H,(H2,7,10). The van der Waals surface area contributed by atoms with Crippen molar-refractivity contribution in [3.05, 3.63) is 24.0 Å². The highest BCUT2D eigenvalue weighted by atomic mass is 16.2. The summed E-state index contributed by atoms with van der Waals surface area (Å²) in [5.74, 6) is -0.600. The molecule has 0 unspecified atom stereocenters. The maximum Gasteiger partial charge on any atom is 0.265 e. The summed E-state index contributed by atoms with van der Waals surface area (Å²) in [7, 11) is 0. The van der Waals surface area contributed by atoms with E-state index >= 15 is 0 Å². The van der Waals surface area contributed by atoms with Gasteiger partial charge in [-0.3, -0.25) is 14.2 Å². The first-order valence-corrected chi connectivity index (χ1v) is 2.67. The van der Waals surface area contributed by atoms with Crippen molar-refractivity contribution >= 4 is 12.3 Å². The molecule has 10 heavy (non-hydrogen) atoms. The fraction of sp³-hybridized carbons (Fsp3) is 0. The number of aromatic nitrogens is 1. The van der Waals surface area contributed by atoms with E-state index in [2.05, 4.69) is 0 Å². The molecular formula is C6H6N2O2. The van der Waals surface area contributed by atoms with Gasteiger partial charge in [0.2, 0.25) is 6.41 Å². The Morgan fingerprint density at radius 1 is 1.70 bits per heavy atom. The molecule has 1 aromatic rings. The third-order valence-electron chi connectivity index (χ3n) is 1.14. The van der Waals surface area contributed by atoms with Crippen LogP contribution in [0, 0.1) is 0 Å². The number of amides is 1. The zero-order valence-electron chi connectivity index (χ0n) is 5.15. The van der Waals surface area contributed by atoms with Crippen LogP contribution in [0.5, 0.6) is 0 Å². The van der Waals surface area contributed by atoms with E-state index in [-0.39, 0.29) is 5.69 Å². The van der Waals surface area contributed by atoms with Crippen molar-refractivity contribution in [2.75, 3.05) is 0 Å². The number of carbonyl (C=O) groups is 2. The topological polar surface area (TPSA) is 65.1 Å². The van der Waals surface area contributed by atoms with Crippen molar-refractivity contribution in [2.45, 2.75) is 0 Å². The lowest BCUT2D eigenvalue weighted by molar-refractivity contribution is 0.0994. The van der Waals surface area contributed by atoms with E-state index in [0.717, 1.165) is 4.57 Å². The summed E-state index contributed by atoms with van der Waals surface area (Å²) in [6.45, 7) is 0.